The maximum Gasteiger partial charge on any atom is 0.265 e. The van der Waals surface area contributed by atoms with E-state index >= 15 is 0 Å². The first-order valence-corrected chi connectivity index (χ1v) is 10.6. The molecule has 0 saturated heterocycles. The van der Waals surface area contributed by atoms with E-state index in [0.717, 1.165) is 11.3 Å². The summed E-state index contributed by atoms with van der Waals surface area (Å²) in [4.78, 5) is 28.6. The average molecular weight is 412 g/mol. The number of Topliss-reactive ketones (excluding diaryl/α,β-unsaturated/α-hetero) is 1. The number of anilines is 2. The number of benzene rings is 3. The van der Waals surface area contributed by atoms with E-state index in [-0.39, 0.29) is 12.2 Å². The molecule has 5 heteroatoms. The van der Waals surface area contributed by atoms with Crippen molar-refractivity contribution in [3.63, 3.8) is 0 Å². The molecular formula is C26H24N2O3. The summed E-state index contributed by atoms with van der Waals surface area (Å²) < 4.78 is 0. The second-order valence-electron chi connectivity index (χ2n) is 8.27. The zero-order valence-electron chi connectivity index (χ0n) is 17.3. The first-order chi connectivity index (χ1) is 15.0. The van der Waals surface area contributed by atoms with Gasteiger partial charge in [0.2, 0.25) is 0 Å². The Bertz CT molecular complexity index is 1180. The van der Waals surface area contributed by atoms with Gasteiger partial charge in [-0.25, -0.2) is 0 Å². The topological polar surface area (TPSA) is 69.6 Å². The van der Waals surface area contributed by atoms with Crippen LogP contribution in [0.15, 0.2) is 78.9 Å². The predicted molar refractivity (Wildman–Crippen MR) is 120 cm³/mol. The first kappa shape index (κ1) is 19.5. The Hall–Kier alpha value is -3.44. The quantitative estimate of drug-likeness (QED) is 0.616. The Kier molecular flexibility index (Phi) is 4.45. The normalized spacial score (nSPS) is 23.9. The van der Waals surface area contributed by atoms with Crippen LogP contribution in [0.3, 0.4) is 0 Å². The standard InChI is InChI=1S/C26H24N2O3/c1-2-25(17-27-21-14-8-6-12-19(21)25)28-22-15-9-7-13-20(22)26(31,24(28)30)16-23(29)18-10-4-3-5-11-18/h3-15,27,31H,2,16-17H2,1H3. The van der Waals surface area contributed by atoms with Crippen LogP contribution in [0.2, 0.25) is 0 Å². The fourth-order valence-corrected chi connectivity index (χ4v) is 5.03. The number of fused-ring (bicyclic) bond motifs is 2. The molecule has 0 aliphatic carbocycles. The number of hydrogen-bond acceptors (Lipinski definition) is 4. The van der Waals surface area contributed by atoms with Gasteiger partial charge in [0, 0.05) is 28.9 Å². The molecule has 0 fully saturated rings. The van der Waals surface area contributed by atoms with Crippen molar-refractivity contribution in [3.05, 3.63) is 95.6 Å². The summed E-state index contributed by atoms with van der Waals surface area (Å²) >= 11 is 0. The molecule has 5 rings (SSSR count). The van der Waals surface area contributed by atoms with Crippen molar-refractivity contribution >= 4 is 23.1 Å². The van der Waals surface area contributed by atoms with Gasteiger partial charge in [0.05, 0.1) is 17.6 Å². The van der Waals surface area contributed by atoms with E-state index in [9.17, 15) is 14.7 Å². The number of nitrogens with zero attached hydrogens (tertiary/aromatic N) is 1. The van der Waals surface area contributed by atoms with E-state index in [1.165, 1.54) is 0 Å². The minimum Gasteiger partial charge on any atom is -0.382 e. The van der Waals surface area contributed by atoms with E-state index in [4.69, 9.17) is 0 Å². The molecule has 3 aromatic rings. The third-order valence-electron chi connectivity index (χ3n) is 6.67. The van der Waals surface area contributed by atoms with Gasteiger partial charge in [-0.05, 0) is 18.6 Å². The van der Waals surface area contributed by atoms with E-state index in [1.807, 2.05) is 49.4 Å². The SMILES string of the molecule is CCC1(N2C(=O)C(O)(CC(=O)c3ccccc3)c3ccccc32)CNc2ccccc21. The summed E-state index contributed by atoms with van der Waals surface area (Å²) in [5.41, 5.74) is 1.12. The molecule has 2 unspecified atom stereocenters. The molecule has 1 amide bonds. The average Bonchev–Trinajstić information content (AvgIpc) is 3.29. The third kappa shape index (κ3) is 2.73. The number of carbonyl (C=O) groups excluding carboxylic acids is 2. The van der Waals surface area contributed by atoms with Crippen LogP contribution >= 0.6 is 0 Å². The molecule has 2 aliphatic rings. The summed E-state index contributed by atoms with van der Waals surface area (Å²) in [7, 11) is 0. The molecule has 0 aromatic heterocycles. The fourth-order valence-electron chi connectivity index (χ4n) is 5.03. The second kappa shape index (κ2) is 7.06. The van der Waals surface area contributed by atoms with Crippen molar-refractivity contribution in [2.75, 3.05) is 16.8 Å². The molecule has 2 atom stereocenters. The monoisotopic (exact) mass is 412 g/mol. The third-order valence-corrected chi connectivity index (χ3v) is 6.67. The Morgan fingerprint density at radius 2 is 1.61 bits per heavy atom. The molecule has 2 N–H and O–H groups in total. The van der Waals surface area contributed by atoms with E-state index < -0.39 is 17.0 Å². The van der Waals surface area contributed by atoms with Gasteiger partial charge in [-0.15, -0.1) is 0 Å². The number of nitrogens with one attached hydrogen (secondary N) is 1. The largest absolute Gasteiger partial charge is 0.382 e. The lowest BCUT2D eigenvalue weighted by Crippen LogP contribution is -2.53. The maximum atomic E-state index is 13.9. The van der Waals surface area contributed by atoms with Crippen molar-refractivity contribution in [2.24, 2.45) is 0 Å². The number of aliphatic hydroxyl groups is 1. The number of para-hydroxylation sites is 2. The summed E-state index contributed by atoms with van der Waals surface area (Å²) in [5, 5.41) is 15.1. The number of carbonyl (C=O) groups is 2. The maximum absolute atomic E-state index is 13.9. The van der Waals surface area contributed by atoms with Crippen molar-refractivity contribution < 1.29 is 14.7 Å². The highest BCUT2D eigenvalue weighted by Gasteiger charge is 2.58. The molecule has 3 aromatic carbocycles. The van der Waals surface area contributed by atoms with Gasteiger partial charge in [-0.1, -0.05) is 73.7 Å². The van der Waals surface area contributed by atoms with Gasteiger partial charge in [0.25, 0.3) is 5.91 Å². The van der Waals surface area contributed by atoms with Crippen LogP contribution in [-0.4, -0.2) is 23.3 Å². The van der Waals surface area contributed by atoms with Crippen LogP contribution in [0.5, 0.6) is 0 Å². The van der Waals surface area contributed by atoms with Gasteiger partial charge >= 0.3 is 0 Å². The molecule has 156 valence electrons. The van der Waals surface area contributed by atoms with Crippen molar-refractivity contribution in [2.45, 2.75) is 30.9 Å². The molecule has 2 heterocycles. The van der Waals surface area contributed by atoms with Gasteiger partial charge in [0.1, 0.15) is 0 Å². The van der Waals surface area contributed by atoms with E-state index in [1.54, 1.807) is 41.3 Å². The molecule has 2 aliphatic heterocycles. The number of rotatable bonds is 5. The van der Waals surface area contributed by atoms with Gasteiger partial charge in [-0.3, -0.25) is 14.5 Å². The summed E-state index contributed by atoms with van der Waals surface area (Å²) in [5.74, 6) is -0.707. The second-order valence-corrected chi connectivity index (χ2v) is 8.27. The molecule has 0 spiro atoms. The van der Waals surface area contributed by atoms with Crippen LogP contribution in [0, 0.1) is 0 Å². The summed E-state index contributed by atoms with van der Waals surface area (Å²) in [6, 6.07) is 24.0. The Labute approximate surface area is 181 Å². The molecule has 0 radical (unpaired) electrons. The van der Waals surface area contributed by atoms with Crippen LogP contribution < -0.4 is 10.2 Å². The Morgan fingerprint density at radius 1 is 0.968 bits per heavy atom. The lowest BCUT2D eigenvalue weighted by molar-refractivity contribution is -0.137. The lowest BCUT2D eigenvalue weighted by atomic mass is 9.86. The zero-order chi connectivity index (χ0) is 21.6. The molecule has 31 heavy (non-hydrogen) atoms. The van der Waals surface area contributed by atoms with Crippen LogP contribution in [-0.2, 0) is 15.9 Å². The van der Waals surface area contributed by atoms with Gasteiger partial charge in [-0.2, -0.15) is 0 Å². The van der Waals surface area contributed by atoms with Crippen LogP contribution in [0.25, 0.3) is 0 Å². The van der Waals surface area contributed by atoms with Gasteiger partial charge in [0.15, 0.2) is 11.4 Å². The minimum absolute atomic E-state index is 0.261. The van der Waals surface area contributed by atoms with Crippen LogP contribution in [0.1, 0.15) is 41.3 Å². The fraction of sp³-hybridized carbons (Fsp3) is 0.231. The smallest absolute Gasteiger partial charge is 0.265 e. The highest BCUT2D eigenvalue weighted by atomic mass is 16.3. The minimum atomic E-state index is -1.90. The first-order valence-electron chi connectivity index (χ1n) is 10.6. The molecule has 0 saturated carbocycles. The van der Waals surface area contributed by atoms with Crippen molar-refractivity contribution in [1.29, 1.82) is 0 Å². The van der Waals surface area contributed by atoms with Gasteiger partial charge < -0.3 is 10.4 Å². The summed E-state index contributed by atoms with van der Waals surface area (Å²) in [6.07, 6.45) is 0.373. The van der Waals surface area contributed by atoms with Crippen molar-refractivity contribution in [3.8, 4) is 0 Å². The highest BCUT2D eigenvalue weighted by molar-refractivity contribution is 6.12. The van der Waals surface area contributed by atoms with Crippen LogP contribution in [0.4, 0.5) is 11.4 Å². The number of ketones is 1. The van der Waals surface area contributed by atoms with E-state index in [0.29, 0.717) is 29.8 Å². The molecule has 5 nitrogen and oxygen atoms in total. The Balaban J connectivity index is 1.62. The summed E-state index contributed by atoms with van der Waals surface area (Å²) in [6.45, 7) is 2.60. The lowest BCUT2D eigenvalue weighted by Gasteiger charge is -2.39. The van der Waals surface area contributed by atoms with E-state index in [2.05, 4.69) is 5.32 Å². The number of amides is 1. The molecular weight excluding hydrogens is 388 g/mol. The predicted octanol–water partition coefficient (Wildman–Crippen LogP) is 4.22. The zero-order valence-corrected chi connectivity index (χ0v) is 17.3. The highest BCUT2D eigenvalue weighted by Crippen LogP contribution is 2.52. The number of hydrogen-bond donors (Lipinski definition) is 2. The van der Waals surface area contributed by atoms with Crippen molar-refractivity contribution in [1.82, 2.24) is 0 Å². The Morgan fingerprint density at radius 3 is 2.35 bits per heavy atom. The molecule has 0 bridgehead atoms.